The Bertz CT molecular complexity index is 783. The molecule has 5 heteroatoms. The normalized spacial score (nSPS) is 15.3. The van der Waals surface area contributed by atoms with Gasteiger partial charge in [-0.3, -0.25) is 14.5 Å². The highest BCUT2D eigenvalue weighted by Gasteiger charge is 2.26. The maximum atomic E-state index is 13.1. The van der Waals surface area contributed by atoms with E-state index in [0.717, 1.165) is 24.2 Å². The van der Waals surface area contributed by atoms with Crippen LogP contribution in [0.25, 0.3) is 0 Å². The molecule has 5 nitrogen and oxygen atoms in total. The molecule has 3 rings (SSSR count). The van der Waals surface area contributed by atoms with Crippen LogP contribution in [-0.2, 0) is 9.59 Å². The first-order chi connectivity index (χ1) is 14.3. The van der Waals surface area contributed by atoms with E-state index < -0.39 is 0 Å². The molecule has 0 unspecified atom stereocenters. The van der Waals surface area contributed by atoms with Crippen molar-refractivity contribution >= 4 is 11.8 Å². The summed E-state index contributed by atoms with van der Waals surface area (Å²) in [5.74, 6) is 0.262. The van der Waals surface area contributed by atoms with Crippen molar-refractivity contribution in [3.8, 4) is 0 Å². The first-order valence-electron chi connectivity index (χ1n) is 10.7. The summed E-state index contributed by atoms with van der Waals surface area (Å²) >= 11 is 0. The zero-order valence-corrected chi connectivity index (χ0v) is 18.3. The summed E-state index contributed by atoms with van der Waals surface area (Å²) in [5, 5.41) is 3.00. The molecule has 0 spiro atoms. The highest BCUT2D eigenvalue weighted by Crippen LogP contribution is 2.28. The van der Waals surface area contributed by atoms with E-state index in [1.54, 1.807) is 0 Å². The summed E-state index contributed by atoms with van der Waals surface area (Å²) < 4.78 is 0. The van der Waals surface area contributed by atoms with E-state index in [1.807, 2.05) is 62.1 Å². The van der Waals surface area contributed by atoms with E-state index in [0.29, 0.717) is 26.1 Å². The fourth-order valence-corrected chi connectivity index (χ4v) is 3.92. The number of amides is 2. The van der Waals surface area contributed by atoms with Gasteiger partial charge in [0, 0.05) is 44.1 Å². The summed E-state index contributed by atoms with van der Waals surface area (Å²) in [6.07, 6.45) is 0.457. The Morgan fingerprint density at radius 1 is 0.867 bits per heavy atom. The van der Waals surface area contributed by atoms with Gasteiger partial charge in [0.15, 0.2) is 0 Å². The molecule has 1 N–H and O–H groups in total. The lowest BCUT2D eigenvalue weighted by Gasteiger charge is -2.35. The van der Waals surface area contributed by atoms with Crippen LogP contribution in [0.15, 0.2) is 60.7 Å². The van der Waals surface area contributed by atoms with Crippen molar-refractivity contribution in [3.05, 3.63) is 71.8 Å². The summed E-state index contributed by atoms with van der Waals surface area (Å²) in [6.45, 7) is 9.12. The van der Waals surface area contributed by atoms with Gasteiger partial charge >= 0.3 is 0 Å². The van der Waals surface area contributed by atoms with Crippen molar-refractivity contribution in [1.82, 2.24) is 15.1 Å². The van der Waals surface area contributed by atoms with Gasteiger partial charge in [-0.1, -0.05) is 60.7 Å². The Balaban J connectivity index is 1.58. The van der Waals surface area contributed by atoms with Gasteiger partial charge in [0.05, 0.1) is 6.54 Å². The molecule has 1 aliphatic heterocycles. The largest absolute Gasteiger partial charge is 0.350 e. The van der Waals surface area contributed by atoms with E-state index in [4.69, 9.17) is 0 Å². The number of carbonyl (C=O) groups excluding carboxylic acids is 2. The second-order valence-corrected chi connectivity index (χ2v) is 9.03. The maximum absolute atomic E-state index is 13.1. The van der Waals surface area contributed by atoms with Crippen LogP contribution in [0.2, 0.25) is 0 Å². The zero-order valence-electron chi connectivity index (χ0n) is 18.3. The predicted octanol–water partition coefficient (Wildman–Crippen LogP) is 3.27. The molecule has 0 aliphatic carbocycles. The molecule has 1 fully saturated rings. The van der Waals surface area contributed by atoms with Gasteiger partial charge in [-0.05, 0) is 31.9 Å². The van der Waals surface area contributed by atoms with Crippen LogP contribution in [0.4, 0.5) is 0 Å². The van der Waals surface area contributed by atoms with E-state index in [9.17, 15) is 9.59 Å². The molecule has 1 aliphatic rings. The molecule has 160 valence electrons. The van der Waals surface area contributed by atoms with Gasteiger partial charge in [-0.2, -0.15) is 0 Å². The molecule has 0 radical (unpaired) electrons. The lowest BCUT2D eigenvalue weighted by molar-refractivity contribution is -0.133. The molecule has 2 aromatic rings. The van der Waals surface area contributed by atoms with Gasteiger partial charge in [0.1, 0.15) is 0 Å². The van der Waals surface area contributed by atoms with Crippen LogP contribution < -0.4 is 5.32 Å². The molecular weight excluding hydrogens is 374 g/mol. The van der Waals surface area contributed by atoms with Gasteiger partial charge in [-0.25, -0.2) is 0 Å². The molecule has 0 saturated carbocycles. The number of rotatable bonds is 6. The number of hydrogen-bond donors (Lipinski definition) is 1. The minimum absolute atomic E-state index is 0.0375. The van der Waals surface area contributed by atoms with E-state index in [1.165, 1.54) is 0 Å². The fraction of sp³-hybridized carbons (Fsp3) is 0.440. The fourth-order valence-electron chi connectivity index (χ4n) is 3.92. The molecular formula is C25H33N3O2. The standard InChI is InChI=1S/C25H33N3O2/c1-25(2,3)26-23(29)19-27-14-16-28(17-15-27)24(30)18-22(20-10-6-4-7-11-20)21-12-8-5-9-13-21/h4-13,22H,14-19H2,1-3H3,(H,26,29). The van der Waals surface area contributed by atoms with Crippen molar-refractivity contribution in [2.24, 2.45) is 0 Å². The van der Waals surface area contributed by atoms with Crippen LogP contribution in [0.3, 0.4) is 0 Å². The summed E-state index contributed by atoms with van der Waals surface area (Å²) in [5.41, 5.74) is 2.10. The van der Waals surface area contributed by atoms with Crippen molar-refractivity contribution in [3.63, 3.8) is 0 Å². The summed E-state index contributed by atoms with van der Waals surface area (Å²) in [4.78, 5) is 29.3. The maximum Gasteiger partial charge on any atom is 0.234 e. The molecule has 0 aromatic heterocycles. The smallest absolute Gasteiger partial charge is 0.234 e. The number of hydrogen-bond acceptors (Lipinski definition) is 3. The predicted molar refractivity (Wildman–Crippen MR) is 120 cm³/mol. The first kappa shape index (κ1) is 22.0. The lowest BCUT2D eigenvalue weighted by Crippen LogP contribution is -2.53. The minimum atomic E-state index is -0.223. The van der Waals surface area contributed by atoms with Crippen LogP contribution in [0.5, 0.6) is 0 Å². The Kier molecular flexibility index (Phi) is 7.27. The van der Waals surface area contributed by atoms with Crippen LogP contribution in [0, 0.1) is 0 Å². The number of nitrogens with one attached hydrogen (secondary N) is 1. The molecule has 0 bridgehead atoms. The van der Waals surface area contributed by atoms with Gasteiger partial charge < -0.3 is 10.2 Å². The number of piperazine rings is 1. The third kappa shape index (κ3) is 6.42. The molecule has 2 aromatic carbocycles. The zero-order chi connectivity index (χ0) is 21.6. The molecule has 30 heavy (non-hydrogen) atoms. The van der Waals surface area contributed by atoms with Crippen molar-refractivity contribution in [1.29, 1.82) is 0 Å². The third-order valence-electron chi connectivity index (χ3n) is 5.39. The Morgan fingerprint density at radius 3 is 1.83 bits per heavy atom. The second-order valence-electron chi connectivity index (χ2n) is 9.03. The highest BCUT2D eigenvalue weighted by molar-refractivity contribution is 5.79. The van der Waals surface area contributed by atoms with E-state index >= 15 is 0 Å². The third-order valence-corrected chi connectivity index (χ3v) is 5.39. The Morgan fingerprint density at radius 2 is 1.37 bits per heavy atom. The molecule has 0 atom stereocenters. The Labute approximate surface area is 180 Å². The van der Waals surface area contributed by atoms with E-state index in [2.05, 4.69) is 34.5 Å². The van der Waals surface area contributed by atoms with Crippen molar-refractivity contribution < 1.29 is 9.59 Å². The first-order valence-corrected chi connectivity index (χ1v) is 10.7. The van der Waals surface area contributed by atoms with Gasteiger partial charge in [-0.15, -0.1) is 0 Å². The van der Waals surface area contributed by atoms with Gasteiger partial charge in [0.25, 0.3) is 0 Å². The highest BCUT2D eigenvalue weighted by atomic mass is 16.2. The average molecular weight is 408 g/mol. The SMILES string of the molecule is CC(C)(C)NC(=O)CN1CCN(C(=O)CC(c2ccccc2)c2ccccc2)CC1. The van der Waals surface area contributed by atoms with Crippen molar-refractivity contribution in [2.75, 3.05) is 32.7 Å². The minimum Gasteiger partial charge on any atom is -0.350 e. The van der Waals surface area contributed by atoms with E-state index in [-0.39, 0.29) is 23.3 Å². The number of benzene rings is 2. The Hall–Kier alpha value is -2.66. The van der Waals surface area contributed by atoms with Crippen LogP contribution in [-0.4, -0.2) is 59.9 Å². The molecule has 1 saturated heterocycles. The second kappa shape index (κ2) is 9.90. The molecule has 2 amide bonds. The van der Waals surface area contributed by atoms with Crippen LogP contribution >= 0.6 is 0 Å². The lowest BCUT2D eigenvalue weighted by atomic mass is 9.88. The number of carbonyl (C=O) groups is 2. The average Bonchev–Trinajstić information content (AvgIpc) is 2.72. The summed E-state index contributed by atoms with van der Waals surface area (Å²) in [7, 11) is 0. The number of nitrogens with zero attached hydrogens (tertiary/aromatic N) is 2. The van der Waals surface area contributed by atoms with Crippen LogP contribution in [0.1, 0.15) is 44.2 Å². The van der Waals surface area contributed by atoms with Crippen molar-refractivity contribution in [2.45, 2.75) is 38.6 Å². The quantitative estimate of drug-likeness (QED) is 0.800. The van der Waals surface area contributed by atoms with Gasteiger partial charge in [0.2, 0.25) is 11.8 Å². The molecule has 1 heterocycles. The topological polar surface area (TPSA) is 52.7 Å². The summed E-state index contributed by atoms with van der Waals surface area (Å²) in [6, 6.07) is 20.5. The monoisotopic (exact) mass is 407 g/mol.